The van der Waals surface area contributed by atoms with Crippen molar-refractivity contribution in [3.05, 3.63) is 36.0 Å². The Labute approximate surface area is 147 Å². The molecular weight excluding hydrogens is 352 g/mol. The van der Waals surface area contributed by atoms with Crippen LogP contribution in [0.3, 0.4) is 0 Å². The van der Waals surface area contributed by atoms with Gasteiger partial charge in [0, 0.05) is 12.1 Å². The Morgan fingerprint density at radius 3 is 2.69 bits per heavy atom. The summed E-state index contributed by atoms with van der Waals surface area (Å²) in [7, 11) is 0. The van der Waals surface area contributed by atoms with Crippen molar-refractivity contribution in [2.45, 2.75) is 32.0 Å². The van der Waals surface area contributed by atoms with Gasteiger partial charge in [0.1, 0.15) is 12.4 Å². The van der Waals surface area contributed by atoms with Gasteiger partial charge in [0.05, 0.1) is 23.7 Å². The molecule has 2 aromatic rings. The van der Waals surface area contributed by atoms with E-state index in [1.54, 1.807) is 0 Å². The van der Waals surface area contributed by atoms with Gasteiger partial charge >= 0.3 is 6.18 Å². The molecule has 0 saturated heterocycles. The summed E-state index contributed by atoms with van der Waals surface area (Å²) in [6, 6.07) is 4.84. The van der Waals surface area contributed by atoms with Gasteiger partial charge in [-0.15, -0.1) is 5.10 Å². The van der Waals surface area contributed by atoms with Crippen molar-refractivity contribution in [3.8, 4) is 11.3 Å². The summed E-state index contributed by atoms with van der Waals surface area (Å²) in [5, 5.41) is 10.4. The van der Waals surface area contributed by atoms with Gasteiger partial charge in [0.15, 0.2) is 0 Å². The van der Waals surface area contributed by atoms with Crippen molar-refractivity contribution in [1.29, 1.82) is 0 Å². The van der Waals surface area contributed by atoms with Gasteiger partial charge in [-0.05, 0) is 25.0 Å². The number of halogens is 4. The molecule has 0 bridgehead atoms. The third kappa shape index (κ3) is 3.71. The summed E-state index contributed by atoms with van der Waals surface area (Å²) in [6.45, 7) is -0.131. The fourth-order valence-corrected chi connectivity index (χ4v) is 2.89. The smallest absolute Gasteiger partial charge is 0.354 e. The molecule has 0 atom stereocenters. The standard InChI is InChI=1S/C17H18F4N4O/c18-11-16(5-2-6-16)15(26)22-7-8-25-10-14(23-24-25)12-3-1-4-13(9-12)17(19,20)21/h1,3-4,9-10H,2,5-8,11H2,(H,22,26). The van der Waals surface area contributed by atoms with E-state index in [2.05, 4.69) is 15.6 Å². The quantitative estimate of drug-likeness (QED) is 0.795. The summed E-state index contributed by atoms with van der Waals surface area (Å²) in [4.78, 5) is 12.0. The highest BCUT2D eigenvalue weighted by atomic mass is 19.4. The highest BCUT2D eigenvalue weighted by Gasteiger charge is 2.44. The zero-order valence-electron chi connectivity index (χ0n) is 13.9. The van der Waals surface area contributed by atoms with E-state index < -0.39 is 23.8 Å². The predicted molar refractivity (Wildman–Crippen MR) is 85.7 cm³/mol. The number of carbonyl (C=O) groups is 1. The van der Waals surface area contributed by atoms with Crippen molar-refractivity contribution < 1.29 is 22.4 Å². The lowest BCUT2D eigenvalue weighted by atomic mass is 9.69. The molecule has 1 aromatic carbocycles. The molecule has 3 rings (SSSR count). The normalized spacial score (nSPS) is 16.2. The largest absolute Gasteiger partial charge is 0.416 e. The molecule has 0 unspecified atom stereocenters. The van der Waals surface area contributed by atoms with E-state index in [9.17, 15) is 22.4 Å². The van der Waals surface area contributed by atoms with Gasteiger partial charge in [0.2, 0.25) is 5.91 Å². The summed E-state index contributed by atoms with van der Waals surface area (Å²) >= 11 is 0. The minimum Gasteiger partial charge on any atom is -0.354 e. The molecule has 1 aliphatic rings. The third-order valence-corrected chi connectivity index (χ3v) is 4.70. The highest BCUT2D eigenvalue weighted by molar-refractivity contribution is 5.83. The van der Waals surface area contributed by atoms with E-state index in [1.807, 2.05) is 0 Å². The third-order valence-electron chi connectivity index (χ3n) is 4.70. The van der Waals surface area contributed by atoms with Crippen LogP contribution in [-0.4, -0.2) is 34.1 Å². The first kappa shape index (κ1) is 18.3. The van der Waals surface area contributed by atoms with Gasteiger partial charge in [-0.1, -0.05) is 23.8 Å². The van der Waals surface area contributed by atoms with E-state index in [0.29, 0.717) is 30.6 Å². The lowest BCUT2D eigenvalue weighted by Crippen LogP contribution is -2.47. The molecule has 9 heteroatoms. The molecule has 1 N–H and O–H groups in total. The molecule has 140 valence electrons. The van der Waals surface area contributed by atoms with Crippen molar-refractivity contribution >= 4 is 5.91 Å². The van der Waals surface area contributed by atoms with Crippen molar-refractivity contribution in [3.63, 3.8) is 0 Å². The van der Waals surface area contributed by atoms with Crippen LogP contribution in [-0.2, 0) is 17.5 Å². The molecule has 0 spiro atoms. The number of hydrogen-bond acceptors (Lipinski definition) is 3. The number of hydrogen-bond donors (Lipinski definition) is 1. The van der Waals surface area contributed by atoms with Crippen LogP contribution in [0.5, 0.6) is 0 Å². The topological polar surface area (TPSA) is 59.8 Å². The Hall–Kier alpha value is -2.45. The SMILES string of the molecule is O=C(NCCn1cc(-c2cccc(C(F)(F)F)c2)nn1)C1(CF)CCC1. The van der Waals surface area contributed by atoms with Crippen LogP contribution in [0, 0.1) is 5.41 Å². The maximum Gasteiger partial charge on any atom is 0.416 e. The fourth-order valence-electron chi connectivity index (χ4n) is 2.89. The van der Waals surface area contributed by atoms with E-state index in [0.717, 1.165) is 18.6 Å². The molecule has 1 fully saturated rings. The fraction of sp³-hybridized carbons (Fsp3) is 0.471. The molecule has 1 saturated carbocycles. The molecule has 0 radical (unpaired) electrons. The summed E-state index contributed by atoms with van der Waals surface area (Å²) in [6.07, 6.45) is -0.961. The number of benzene rings is 1. The van der Waals surface area contributed by atoms with Crippen LogP contribution < -0.4 is 5.32 Å². The first-order chi connectivity index (χ1) is 12.3. The van der Waals surface area contributed by atoms with Crippen molar-refractivity contribution in [1.82, 2.24) is 20.3 Å². The van der Waals surface area contributed by atoms with Crippen LogP contribution in [0.25, 0.3) is 11.3 Å². The number of nitrogens with zero attached hydrogens (tertiary/aromatic N) is 3. The minimum absolute atomic E-state index is 0.242. The Morgan fingerprint density at radius 2 is 2.08 bits per heavy atom. The van der Waals surface area contributed by atoms with E-state index >= 15 is 0 Å². The number of alkyl halides is 4. The Balaban J connectivity index is 1.59. The summed E-state index contributed by atoms with van der Waals surface area (Å²) in [5.74, 6) is -0.301. The second-order valence-corrected chi connectivity index (χ2v) is 6.47. The van der Waals surface area contributed by atoms with Gasteiger partial charge in [-0.25, -0.2) is 4.39 Å². The molecular formula is C17H18F4N4O. The van der Waals surface area contributed by atoms with Gasteiger partial charge in [-0.3, -0.25) is 9.48 Å². The highest BCUT2D eigenvalue weighted by Crippen LogP contribution is 2.41. The van der Waals surface area contributed by atoms with Gasteiger partial charge < -0.3 is 5.32 Å². The van der Waals surface area contributed by atoms with E-state index in [4.69, 9.17) is 0 Å². The van der Waals surface area contributed by atoms with E-state index in [-0.39, 0.29) is 12.5 Å². The Morgan fingerprint density at radius 1 is 1.31 bits per heavy atom. The molecule has 1 heterocycles. The average Bonchev–Trinajstić information content (AvgIpc) is 3.03. The van der Waals surface area contributed by atoms with Crippen LogP contribution in [0.15, 0.2) is 30.5 Å². The van der Waals surface area contributed by atoms with Crippen LogP contribution in [0.1, 0.15) is 24.8 Å². The number of amides is 1. The van der Waals surface area contributed by atoms with Crippen LogP contribution in [0.4, 0.5) is 17.6 Å². The Kier molecular flexibility index (Phi) is 4.97. The van der Waals surface area contributed by atoms with Crippen molar-refractivity contribution in [2.24, 2.45) is 5.41 Å². The molecule has 1 amide bonds. The second kappa shape index (κ2) is 7.05. The van der Waals surface area contributed by atoms with Crippen LogP contribution in [0.2, 0.25) is 0 Å². The van der Waals surface area contributed by atoms with Crippen LogP contribution >= 0.6 is 0 Å². The maximum atomic E-state index is 13.0. The number of nitrogens with one attached hydrogen (secondary N) is 1. The lowest BCUT2D eigenvalue weighted by Gasteiger charge is -2.37. The monoisotopic (exact) mass is 370 g/mol. The molecule has 1 aliphatic carbocycles. The molecule has 26 heavy (non-hydrogen) atoms. The Bertz CT molecular complexity index is 778. The zero-order chi connectivity index (χ0) is 18.8. The van der Waals surface area contributed by atoms with E-state index in [1.165, 1.54) is 23.0 Å². The first-order valence-corrected chi connectivity index (χ1v) is 8.26. The molecule has 1 aromatic heterocycles. The second-order valence-electron chi connectivity index (χ2n) is 6.47. The summed E-state index contributed by atoms with van der Waals surface area (Å²) < 4.78 is 52.8. The number of rotatable bonds is 6. The zero-order valence-corrected chi connectivity index (χ0v) is 13.9. The number of carbonyl (C=O) groups excluding carboxylic acids is 1. The first-order valence-electron chi connectivity index (χ1n) is 8.26. The maximum absolute atomic E-state index is 13.0. The van der Waals surface area contributed by atoms with Gasteiger partial charge in [-0.2, -0.15) is 13.2 Å². The summed E-state index contributed by atoms with van der Waals surface area (Å²) in [5.41, 5.74) is -1.03. The predicted octanol–water partition coefficient (Wildman–Crippen LogP) is 3.22. The molecule has 0 aliphatic heterocycles. The van der Waals surface area contributed by atoms with Crippen molar-refractivity contribution in [2.75, 3.05) is 13.2 Å². The van der Waals surface area contributed by atoms with Gasteiger partial charge in [0.25, 0.3) is 0 Å². The number of aromatic nitrogens is 3. The average molecular weight is 370 g/mol. The lowest BCUT2D eigenvalue weighted by molar-refractivity contribution is -0.138. The molecule has 5 nitrogen and oxygen atoms in total. The minimum atomic E-state index is -4.43.